The van der Waals surface area contributed by atoms with Crippen molar-refractivity contribution in [2.24, 2.45) is 0 Å². The predicted octanol–water partition coefficient (Wildman–Crippen LogP) is 1.19. The number of carbonyl (C=O) groups excluding carboxylic acids is 1. The van der Waals surface area contributed by atoms with Gasteiger partial charge in [-0.25, -0.2) is 0 Å². The van der Waals surface area contributed by atoms with E-state index in [1.54, 1.807) is 6.92 Å². The maximum absolute atomic E-state index is 11.3. The summed E-state index contributed by atoms with van der Waals surface area (Å²) in [6, 6.07) is 10.7. The Morgan fingerprint density at radius 2 is 2.00 bits per heavy atom. The van der Waals surface area contributed by atoms with Crippen LogP contribution in [0.25, 0.3) is 0 Å². The van der Waals surface area contributed by atoms with Crippen molar-refractivity contribution in [1.82, 2.24) is 10.2 Å². The summed E-state index contributed by atoms with van der Waals surface area (Å²) in [7, 11) is 0. The van der Waals surface area contributed by atoms with Crippen LogP contribution in [0.4, 0.5) is 0 Å². The molecule has 1 aliphatic rings. The number of aliphatic hydroxyl groups is 1. The van der Waals surface area contributed by atoms with E-state index in [0.29, 0.717) is 6.04 Å². The van der Waals surface area contributed by atoms with Crippen LogP contribution in [0, 0.1) is 0 Å². The lowest BCUT2D eigenvalue weighted by Gasteiger charge is -2.33. The Morgan fingerprint density at radius 3 is 2.55 bits per heavy atom. The highest BCUT2D eigenvalue weighted by Gasteiger charge is 2.22. The molecule has 1 heterocycles. The van der Waals surface area contributed by atoms with Crippen molar-refractivity contribution in [2.75, 3.05) is 19.7 Å². The average molecular weight is 276 g/mol. The Balaban J connectivity index is 1.81. The molecule has 1 aromatic rings. The molecule has 110 valence electrons. The van der Waals surface area contributed by atoms with Gasteiger partial charge < -0.3 is 15.3 Å². The minimum atomic E-state index is 0.0891. The van der Waals surface area contributed by atoms with Crippen LogP contribution in [0.3, 0.4) is 0 Å². The normalized spacial score (nSPS) is 18.0. The van der Waals surface area contributed by atoms with Gasteiger partial charge >= 0.3 is 0 Å². The molecular weight excluding hydrogens is 252 g/mol. The molecule has 1 amide bonds. The molecular formula is C16H24N2O2. The number of amides is 1. The smallest absolute Gasteiger partial charge is 0.219 e. The number of hydrogen-bond donors (Lipinski definition) is 2. The molecule has 0 radical (unpaired) electrons. The van der Waals surface area contributed by atoms with Crippen molar-refractivity contribution in [3.8, 4) is 0 Å². The zero-order valence-corrected chi connectivity index (χ0v) is 12.1. The lowest BCUT2D eigenvalue weighted by molar-refractivity contribution is -0.129. The summed E-state index contributed by atoms with van der Waals surface area (Å²) in [6.45, 7) is 3.40. The summed E-state index contributed by atoms with van der Waals surface area (Å²) in [6.07, 6.45) is 2.76. The first-order valence-corrected chi connectivity index (χ1v) is 7.35. The second-order valence-electron chi connectivity index (χ2n) is 5.52. The molecule has 0 spiro atoms. The van der Waals surface area contributed by atoms with Gasteiger partial charge in [-0.2, -0.15) is 0 Å². The third kappa shape index (κ3) is 4.32. The summed E-state index contributed by atoms with van der Waals surface area (Å²) >= 11 is 0. The highest BCUT2D eigenvalue weighted by atomic mass is 16.3. The lowest BCUT2D eigenvalue weighted by Crippen LogP contribution is -2.48. The molecule has 1 atom stereocenters. The van der Waals surface area contributed by atoms with Crippen LogP contribution in [-0.2, 0) is 11.2 Å². The van der Waals surface area contributed by atoms with Crippen LogP contribution in [0.2, 0.25) is 0 Å². The summed E-state index contributed by atoms with van der Waals surface area (Å²) in [5.74, 6) is 0.159. The number of likely N-dealkylation sites (tertiary alicyclic amines) is 1. The van der Waals surface area contributed by atoms with Crippen molar-refractivity contribution >= 4 is 5.91 Å². The van der Waals surface area contributed by atoms with Crippen LogP contribution in [0.15, 0.2) is 30.3 Å². The third-order valence-corrected chi connectivity index (χ3v) is 3.96. The maximum Gasteiger partial charge on any atom is 0.219 e. The zero-order chi connectivity index (χ0) is 14.4. The van der Waals surface area contributed by atoms with Crippen molar-refractivity contribution in [3.05, 3.63) is 35.9 Å². The van der Waals surface area contributed by atoms with Crippen LogP contribution in [0.1, 0.15) is 25.3 Å². The molecule has 2 rings (SSSR count). The van der Waals surface area contributed by atoms with Crippen molar-refractivity contribution in [3.63, 3.8) is 0 Å². The van der Waals surface area contributed by atoms with E-state index >= 15 is 0 Å². The molecule has 0 unspecified atom stereocenters. The quantitative estimate of drug-likeness (QED) is 0.849. The van der Waals surface area contributed by atoms with Gasteiger partial charge in [0.2, 0.25) is 5.91 Å². The number of hydrogen-bond acceptors (Lipinski definition) is 3. The van der Waals surface area contributed by atoms with E-state index in [2.05, 4.69) is 17.4 Å². The SMILES string of the molecule is CC(=O)N1CCC(N[C@H](CO)Cc2ccccc2)CC1. The number of benzene rings is 1. The number of rotatable bonds is 5. The highest BCUT2D eigenvalue weighted by molar-refractivity contribution is 5.73. The van der Waals surface area contributed by atoms with Crippen LogP contribution < -0.4 is 5.32 Å². The highest BCUT2D eigenvalue weighted by Crippen LogP contribution is 2.12. The van der Waals surface area contributed by atoms with Crippen LogP contribution >= 0.6 is 0 Å². The van der Waals surface area contributed by atoms with Crippen molar-refractivity contribution < 1.29 is 9.90 Å². The maximum atomic E-state index is 11.3. The van der Waals surface area contributed by atoms with E-state index in [9.17, 15) is 9.90 Å². The van der Waals surface area contributed by atoms with Crippen LogP contribution in [0.5, 0.6) is 0 Å². The Hall–Kier alpha value is -1.39. The molecule has 0 aromatic heterocycles. The molecule has 0 saturated carbocycles. The molecule has 2 N–H and O–H groups in total. The van der Waals surface area contributed by atoms with Gasteiger partial charge in [-0.1, -0.05) is 30.3 Å². The second kappa shape index (κ2) is 7.41. The van der Waals surface area contributed by atoms with E-state index in [4.69, 9.17) is 0 Å². The van der Waals surface area contributed by atoms with Crippen molar-refractivity contribution in [2.45, 2.75) is 38.3 Å². The first-order valence-electron chi connectivity index (χ1n) is 7.35. The fraction of sp³-hybridized carbons (Fsp3) is 0.562. The number of nitrogens with one attached hydrogen (secondary N) is 1. The predicted molar refractivity (Wildman–Crippen MR) is 79.4 cm³/mol. The van der Waals surface area contributed by atoms with Gasteiger partial charge in [0.05, 0.1) is 6.61 Å². The van der Waals surface area contributed by atoms with Gasteiger partial charge in [0, 0.05) is 32.1 Å². The molecule has 4 heteroatoms. The summed E-state index contributed by atoms with van der Waals surface area (Å²) < 4.78 is 0. The molecule has 1 fully saturated rings. The van der Waals surface area contributed by atoms with Gasteiger partial charge in [0.1, 0.15) is 0 Å². The zero-order valence-electron chi connectivity index (χ0n) is 12.1. The summed E-state index contributed by atoms with van der Waals surface area (Å²) in [5, 5.41) is 13.1. The van der Waals surface area contributed by atoms with E-state index in [1.807, 2.05) is 23.1 Å². The summed E-state index contributed by atoms with van der Waals surface area (Å²) in [5.41, 5.74) is 1.24. The Morgan fingerprint density at radius 1 is 1.35 bits per heavy atom. The standard InChI is InChI=1S/C16H24N2O2/c1-13(20)18-9-7-15(8-10-18)17-16(12-19)11-14-5-3-2-4-6-14/h2-6,15-17,19H,7-12H2,1H3/t16-/m0/s1. The number of piperidine rings is 1. The fourth-order valence-electron chi connectivity index (χ4n) is 2.77. The van der Waals surface area contributed by atoms with E-state index < -0.39 is 0 Å². The summed E-state index contributed by atoms with van der Waals surface area (Å²) in [4.78, 5) is 13.2. The lowest BCUT2D eigenvalue weighted by atomic mass is 10.0. The largest absolute Gasteiger partial charge is 0.395 e. The molecule has 0 aliphatic carbocycles. The van der Waals surface area contributed by atoms with E-state index in [1.165, 1.54) is 5.56 Å². The molecule has 1 aliphatic heterocycles. The Labute approximate surface area is 120 Å². The van der Waals surface area contributed by atoms with Crippen molar-refractivity contribution in [1.29, 1.82) is 0 Å². The number of nitrogens with zero attached hydrogens (tertiary/aromatic N) is 1. The first kappa shape index (κ1) is 15.0. The second-order valence-corrected chi connectivity index (χ2v) is 5.52. The van der Waals surface area contributed by atoms with Gasteiger partial charge in [0.25, 0.3) is 0 Å². The minimum absolute atomic E-state index is 0.0891. The molecule has 4 nitrogen and oxygen atoms in total. The Bertz CT molecular complexity index is 414. The first-order chi connectivity index (χ1) is 9.69. The van der Waals surface area contributed by atoms with Crippen LogP contribution in [-0.4, -0.2) is 47.7 Å². The fourth-order valence-corrected chi connectivity index (χ4v) is 2.77. The molecule has 20 heavy (non-hydrogen) atoms. The Kier molecular flexibility index (Phi) is 5.56. The van der Waals surface area contributed by atoms with Gasteiger partial charge in [0.15, 0.2) is 0 Å². The third-order valence-electron chi connectivity index (χ3n) is 3.96. The van der Waals surface area contributed by atoms with E-state index in [-0.39, 0.29) is 18.6 Å². The van der Waals surface area contributed by atoms with Gasteiger partial charge in [-0.05, 0) is 24.8 Å². The molecule has 1 aromatic carbocycles. The minimum Gasteiger partial charge on any atom is -0.395 e. The molecule has 1 saturated heterocycles. The average Bonchev–Trinajstić information content (AvgIpc) is 2.48. The van der Waals surface area contributed by atoms with E-state index in [0.717, 1.165) is 32.4 Å². The molecule has 0 bridgehead atoms. The number of carbonyl (C=O) groups is 1. The van der Waals surface area contributed by atoms with Gasteiger partial charge in [-0.3, -0.25) is 4.79 Å². The topological polar surface area (TPSA) is 52.6 Å². The number of aliphatic hydroxyl groups excluding tert-OH is 1. The van der Waals surface area contributed by atoms with Gasteiger partial charge in [-0.15, -0.1) is 0 Å². The monoisotopic (exact) mass is 276 g/mol.